The fourth-order valence-electron chi connectivity index (χ4n) is 4.33. The van der Waals surface area contributed by atoms with Crippen LogP contribution in [0.5, 0.6) is 0 Å². The van der Waals surface area contributed by atoms with E-state index in [2.05, 4.69) is 29.1 Å². The number of anilines is 1. The van der Waals surface area contributed by atoms with Gasteiger partial charge >= 0.3 is 6.03 Å². The largest absolute Gasteiger partial charge is 0.322 e. The Morgan fingerprint density at radius 1 is 1.27 bits per heavy atom. The van der Waals surface area contributed by atoms with Gasteiger partial charge in [-0.3, -0.25) is 0 Å². The number of nitrogens with one attached hydrogen (secondary N) is 1. The van der Waals surface area contributed by atoms with Gasteiger partial charge in [0, 0.05) is 36.7 Å². The minimum atomic E-state index is 0. The molecule has 0 spiro atoms. The van der Waals surface area contributed by atoms with Gasteiger partial charge in [-0.15, -0.1) is 0 Å². The number of urea groups is 1. The highest BCUT2D eigenvalue weighted by atomic mass is 16.2. The molecule has 1 aromatic carbocycles. The maximum Gasteiger partial charge on any atom is 0.322 e. The highest BCUT2D eigenvalue weighted by Gasteiger charge is 2.46. The molecule has 2 aliphatic rings. The molecule has 1 aromatic heterocycles. The van der Waals surface area contributed by atoms with Crippen molar-refractivity contribution in [1.82, 2.24) is 14.9 Å². The molecule has 2 aliphatic heterocycles. The second-order valence-corrected chi connectivity index (χ2v) is 7.71. The van der Waals surface area contributed by atoms with E-state index in [-0.39, 0.29) is 7.46 Å². The summed E-state index contributed by atoms with van der Waals surface area (Å²) in [6.45, 7) is 6.41. The molecule has 0 radical (unpaired) electrons. The van der Waals surface area contributed by atoms with Crippen LogP contribution in [0, 0.1) is 12.8 Å². The lowest BCUT2D eigenvalue weighted by molar-refractivity contribution is -0.00600. The van der Waals surface area contributed by atoms with Crippen molar-refractivity contribution >= 4 is 11.7 Å². The second kappa shape index (κ2) is 6.71. The third kappa shape index (κ3) is 3.06. The Hall–Kier alpha value is -2.43. The van der Waals surface area contributed by atoms with Gasteiger partial charge in [0.1, 0.15) is 0 Å². The van der Waals surface area contributed by atoms with Crippen LogP contribution in [0.3, 0.4) is 0 Å². The molecule has 3 heterocycles. The van der Waals surface area contributed by atoms with Crippen molar-refractivity contribution < 1.29 is 6.22 Å². The predicted molar refractivity (Wildman–Crippen MR) is 105 cm³/mol. The topological polar surface area (TPSA) is 58.1 Å². The van der Waals surface area contributed by atoms with Crippen LogP contribution >= 0.6 is 0 Å². The minimum Gasteiger partial charge on any atom is -0.318 e. The number of carbonyl (C=O) groups excluding carboxylic acids is 1. The van der Waals surface area contributed by atoms with Crippen molar-refractivity contribution in [3.8, 4) is 11.4 Å². The molecule has 138 valence electrons. The van der Waals surface area contributed by atoms with Crippen LogP contribution in [-0.4, -0.2) is 33.0 Å². The number of benzene rings is 1. The number of amides is 2. The van der Waals surface area contributed by atoms with E-state index in [9.17, 15) is 4.79 Å². The summed E-state index contributed by atoms with van der Waals surface area (Å²) in [6, 6.07) is 8.76. The van der Waals surface area contributed by atoms with Crippen LogP contribution in [0.2, 0.25) is 0 Å². The lowest BCUT2D eigenvalue weighted by atomic mass is 9.74. The molecular weight excluding hydrogens is 324 g/mol. The van der Waals surface area contributed by atoms with Gasteiger partial charge in [-0.25, -0.2) is 14.8 Å². The molecule has 2 bridgehead atoms. The third-order valence-corrected chi connectivity index (χ3v) is 5.72. The van der Waals surface area contributed by atoms with Crippen molar-refractivity contribution in [3.05, 3.63) is 41.7 Å². The summed E-state index contributed by atoms with van der Waals surface area (Å²) in [7, 11) is 0. The summed E-state index contributed by atoms with van der Waals surface area (Å²) in [5.41, 5.74) is 3.90. The van der Waals surface area contributed by atoms with E-state index in [0.717, 1.165) is 54.1 Å². The number of carbonyl (C=O) groups is 1. The van der Waals surface area contributed by atoms with E-state index in [4.69, 9.17) is 0 Å². The monoisotopic (exact) mass is 352 g/mol. The first-order chi connectivity index (χ1) is 12.5. The number of fused-ring (bicyclic) bond motifs is 2. The zero-order valence-electron chi connectivity index (χ0n) is 15.7. The maximum absolute atomic E-state index is 12.7. The second-order valence-electron chi connectivity index (χ2n) is 7.71. The first kappa shape index (κ1) is 17.0. The number of aryl methyl sites for hydroxylation is 2. The standard InChI is InChI=1S/C21H26N4O.H2/c1-4-15-7-8-22-20(23-15)19-11-16(6-5-14(19)3)24-21(26)25-17-9-13(2)10-18(25)12-17;/h5-8,11,13,17-18H,4,9-10,12H2,1-3H3,(H,24,26);1H. The molecular formula is C21H28N4O. The molecule has 2 atom stereocenters. The number of rotatable bonds is 3. The van der Waals surface area contributed by atoms with Gasteiger partial charge in [0.25, 0.3) is 0 Å². The molecule has 0 aliphatic carbocycles. The van der Waals surface area contributed by atoms with E-state index >= 15 is 0 Å². The van der Waals surface area contributed by atoms with Gasteiger partial charge in [-0.2, -0.15) is 0 Å². The highest BCUT2D eigenvalue weighted by molar-refractivity contribution is 5.91. The van der Waals surface area contributed by atoms with Gasteiger partial charge < -0.3 is 10.2 Å². The van der Waals surface area contributed by atoms with E-state index < -0.39 is 0 Å². The van der Waals surface area contributed by atoms with Gasteiger partial charge in [-0.05, 0) is 62.3 Å². The van der Waals surface area contributed by atoms with Gasteiger partial charge in [-0.1, -0.05) is 19.9 Å². The average molecular weight is 352 g/mol. The van der Waals surface area contributed by atoms with E-state index in [1.54, 1.807) is 6.20 Å². The molecule has 2 unspecified atom stereocenters. The summed E-state index contributed by atoms with van der Waals surface area (Å²) >= 11 is 0. The molecule has 0 saturated carbocycles. The minimum absolute atomic E-state index is 0. The first-order valence-electron chi connectivity index (χ1n) is 9.57. The Balaban J connectivity index is 0.00000210. The van der Waals surface area contributed by atoms with Crippen LogP contribution in [0.1, 0.15) is 45.8 Å². The zero-order valence-corrected chi connectivity index (χ0v) is 15.7. The number of hydrogen-bond donors (Lipinski definition) is 1. The summed E-state index contributed by atoms with van der Waals surface area (Å²) in [5, 5.41) is 3.08. The van der Waals surface area contributed by atoms with Crippen LogP contribution in [0.25, 0.3) is 11.4 Å². The van der Waals surface area contributed by atoms with Crippen molar-refractivity contribution in [2.45, 2.75) is 58.5 Å². The first-order valence-corrected chi connectivity index (χ1v) is 9.57. The average Bonchev–Trinajstić information content (AvgIpc) is 2.63. The summed E-state index contributed by atoms with van der Waals surface area (Å²) < 4.78 is 0. The molecule has 2 aromatic rings. The van der Waals surface area contributed by atoms with E-state index in [0.29, 0.717) is 17.9 Å². The Bertz CT molecular complexity index is 829. The van der Waals surface area contributed by atoms with Crippen molar-refractivity contribution in [3.63, 3.8) is 0 Å². The number of nitrogens with zero attached hydrogens (tertiary/aromatic N) is 3. The quantitative estimate of drug-likeness (QED) is 0.873. The Kier molecular flexibility index (Phi) is 4.39. The Morgan fingerprint density at radius 2 is 2.04 bits per heavy atom. The SMILES string of the molecule is CCc1ccnc(-c2cc(NC(=O)N3C4CC(C)CC3C4)ccc2C)n1.[HH]. The molecule has 5 heteroatoms. The highest BCUT2D eigenvalue weighted by Crippen LogP contribution is 2.41. The van der Waals surface area contributed by atoms with Gasteiger partial charge in [0.05, 0.1) is 0 Å². The molecule has 2 amide bonds. The number of piperidine rings is 1. The van der Waals surface area contributed by atoms with E-state index in [1.165, 1.54) is 0 Å². The summed E-state index contributed by atoms with van der Waals surface area (Å²) in [4.78, 5) is 23.8. The van der Waals surface area contributed by atoms with Crippen LogP contribution in [-0.2, 0) is 6.42 Å². The fourth-order valence-corrected chi connectivity index (χ4v) is 4.33. The maximum atomic E-state index is 12.7. The third-order valence-electron chi connectivity index (χ3n) is 5.72. The molecule has 2 saturated heterocycles. The molecule has 2 fully saturated rings. The van der Waals surface area contributed by atoms with Crippen molar-refractivity contribution in [1.29, 1.82) is 0 Å². The number of hydrogen-bond acceptors (Lipinski definition) is 3. The zero-order chi connectivity index (χ0) is 18.3. The molecule has 5 nitrogen and oxygen atoms in total. The van der Waals surface area contributed by atoms with Crippen LogP contribution in [0.15, 0.2) is 30.5 Å². The lowest BCUT2D eigenvalue weighted by Gasteiger charge is -2.54. The smallest absolute Gasteiger partial charge is 0.318 e. The van der Waals surface area contributed by atoms with E-state index in [1.807, 2.05) is 36.1 Å². The lowest BCUT2D eigenvalue weighted by Crippen LogP contribution is -2.63. The fraction of sp³-hybridized carbons (Fsp3) is 0.476. The normalized spacial score (nSPS) is 24.1. The summed E-state index contributed by atoms with van der Waals surface area (Å²) in [5.74, 6) is 1.45. The van der Waals surface area contributed by atoms with Crippen molar-refractivity contribution in [2.75, 3.05) is 5.32 Å². The Labute approximate surface area is 156 Å². The van der Waals surface area contributed by atoms with Crippen LogP contribution in [0.4, 0.5) is 10.5 Å². The Morgan fingerprint density at radius 3 is 2.77 bits per heavy atom. The summed E-state index contributed by atoms with van der Waals surface area (Å²) in [6.07, 6.45) is 6.09. The molecule has 26 heavy (non-hydrogen) atoms. The van der Waals surface area contributed by atoms with Gasteiger partial charge in [0.2, 0.25) is 0 Å². The number of aromatic nitrogens is 2. The molecule has 4 rings (SSSR count). The predicted octanol–water partition coefficient (Wildman–Crippen LogP) is 4.67. The van der Waals surface area contributed by atoms with Crippen molar-refractivity contribution in [2.24, 2.45) is 5.92 Å². The molecule has 1 N–H and O–H groups in total. The van der Waals surface area contributed by atoms with Gasteiger partial charge in [0.15, 0.2) is 5.82 Å². The van der Waals surface area contributed by atoms with Crippen LogP contribution < -0.4 is 5.32 Å².